The van der Waals surface area contributed by atoms with E-state index in [1.54, 1.807) is 13.2 Å². The summed E-state index contributed by atoms with van der Waals surface area (Å²) in [5, 5.41) is 9.49. The van der Waals surface area contributed by atoms with Crippen molar-refractivity contribution in [3.8, 4) is 0 Å². The van der Waals surface area contributed by atoms with E-state index in [4.69, 9.17) is 4.42 Å². The third kappa shape index (κ3) is 2.79. The molecule has 100 valence electrons. The number of furan rings is 1. The van der Waals surface area contributed by atoms with Gasteiger partial charge in [-0.1, -0.05) is 0 Å². The Hall–Kier alpha value is -1.81. The maximum absolute atomic E-state index is 9.49. The lowest BCUT2D eigenvalue weighted by atomic mass is 10.2. The number of aliphatic hydroxyl groups is 1. The van der Waals surface area contributed by atoms with Crippen LogP contribution in [0.4, 0.5) is 5.69 Å². The monoisotopic (exact) mass is 258 g/mol. The van der Waals surface area contributed by atoms with E-state index in [0.29, 0.717) is 11.7 Å². The lowest BCUT2D eigenvalue weighted by Gasteiger charge is -2.23. The van der Waals surface area contributed by atoms with E-state index in [0.717, 1.165) is 18.0 Å². The summed E-state index contributed by atoms with van der Waals surface area (Å²) in [6.07, 6.45) is 5.46. The summed E-state index contributed by atoms with van der Waals surface area (Å²) in [5.41, 5.74) is 1.79. The van der Waals surface area contributed by atoms with Gasteiger partial charge in [0.1, 0.15) is 5.76 Å². The van der Waals surface area contributed by atoms with Crippen LogP contribution in [0.25, 0.3) is 0 Å². The number of aromatic nitrogens is 1. The third-order valence-corrected chi connectivity index (χ3v) is 3.42. The Kier molecular flexibility index (Phi) is 3.25. The van der Waals surface area contributed by atoms with Gasteiger partial charge in [0.05, 0.1) is 36.5 Å². The van der Waals surface area contributed by atoms with Crippen molar-refractivity contribution in [2.45, 2.75) is 38.5 Å². The summed E-state index contributed by atoms with van der Waals surface area (Å²) in [6.45, 7) is 2.50. The highest BCUT2D eigenvalue weighted by molar-refractivity contribution is 5.47. The van der Waals surface area contributed by atoms with Crippen molar-refractivity contribution in [1.29, 1.82) is 0 Å². The molecule has 0 saturated heterocycles. The fourth-order valence-corrected chi connectivity index (χ4v) is 2.20. The first kappa shape index (κ1) is 12.2. The van der Waals surface area contributed by atoms with Crippen LogP contribution in [-0.4, -0.2) is 16.1 Å². The molecule has 0 aliphatic heterocycles. The highest BCUT2D eigenvalue weighted by Gasteiger charge is 2.30. The normalized spacial score (nSPS) is 16.3. The van der Waals surface area contributed by atoms with E-state index in [1.165, 1.54) is 12.8 Å². The van der Waals surface area contributed by atoms with Crippen LogP contribution in [0.1, 0.15) is 37.3 Å². The Bertz CT molecular complexity index is 516. The molecule has 2 aromatic heterocycles. The first-order chi connectivity index (χ1) is 9.24. The fraction of sp³-hybridized carbons (Fsp3) is 0.400. The average Bonchev–Trinajstić information content (AvgIpc) is 3.13. The molecule has 1 aliphatic carbocycles. The summed E-state index contributed by atoms with van der Waals surface area (Å²) in [4.78, 5) is 6.63. The van der Waals surface area contributed by atoms with Crippen molar-refractivity contribution in [3.63, 3.8) is 0 Å². The molecule has 4 nitrogen and oxygen atoms in total. The van der Waals surface area contributed by atoms with Crippen LogP contribution in [-0.2, 0) is 6.54 Å². The van der Waals surface area contributed by atoms with Crippen LogP contribution in [0, 0.1) is 0 Å². The minimum Gasteiger partial charge on any atom is -0.467 e. The number of nitrogens with zero attached hydrogens (tertiary/aromatic N) is 2. The van der Waals surface area contributed by atoms with Crippen molar-refractivity contribution in [2.24, 2.45) is 0 Å². The molecule has 0 spiro atoms. The van der Waals surface area contributed by atoms with Crippen LogP contribution in [0.2, 0.25) is 0 Å². The molecule has 0 amide bonds. The van der Waals surface area contributed by atoms with Crippen molar-refractivity contribution < 1.29 is 9.52 Å². The van der Waals surface area contributed by atoms with E-state index in [1.807, 2.05) is 30.5 Å². The predicted octanol–water partition coefficient (Wildman–Crippen LogP) is 2.90. The number of anilines is 1. The molecule has 3 rings (SSSR count). The van der Waals surface area contributed by atoms with Gasteiger partial charge in [-0.3, -0.25) is 4.98 Å². The molecule has 1 saturated carbocycles. The maximum atomic E-state index is 9.49. The minimum atomic E-state index is -0.520. The van der Waals surface area contributed by atoms with Gasteiger partial charge in [0, 0.05) is 6.04 Å². The molecular weight excluding hydrogens is 240 g/mol. The largest absolute Gasteiger partial charge is 0.467 e. The quantitative estimate of drug-likeness (QED) is 0.896. The molecule has 2 aromatic rings. The lowest BCUT2D eigenvalue weighted by Crippen LogP contribution is -2.24. The number of hydrogen-bond acceptors (Lipinski definition) is 4. The van der Waals surface area contributed by atoms with Crippen LogP contribution in [0.3, 0.4) is 0 Å². The molecule has 0 aromatic carbocycles. The van der Waals surface area contributed by atoms with Gasteiger partial charge in [0.2, 0.25) is 0 Å². The zero-order valence-electron chi connectivity index (χ0n) is 11.0. The fourth-order valence-electron chi connectivity index (χ4n) is 2.20. The molecule has 1 aliphatic rings. The average molecular weight is 258 g/mol. The highest BCUT2D eigenvalue weighted by Crippen LogP contribution is 2.33. The van der Waals surface area contributed by atoms with E-state index in [-0.39, 0.29) is 0 Å². The van der Waals surface area contributed by atoms with Crippen LogP contribution >= 0.6 is 0 Å². The zero-order valence-corrected chi connectivity index (χ0v) is 11.0. The molecule has 1 N–H and O–H groups in total. The SMILES string of the molecule is C[C@@H](O)c1ccc(N(Cc2ccco2)C2CC2)cn1. The summed E-state index contributed by atoms with van der Waals surface area (Å²) in [6, 6.07) is 8.40. The van der Waals surface area contributed by atoms with Crippen molar-refractivity contribution in [1.82, 2.24) is 4.98 Å². The summed E-state index contributed by atoms with van der Waals surface area (Å²) >= 11 is 0. The first-order valence-corrected chi connectivity index (χ1v) is 6.67. The Morgan fingerprint density at radius 1 is 1.42 bits per heavy atom. The molecular formula is C15H18N2O2. The second-order valence-corrected chi connectivity index (χ2v) is 5.06. The number of aliphatic hydroxyl groups excluding tert-OH is 1. The topological polar surface area (TPSA) is 49.5 Å². The summed E-state index contributed by atoms with van der Waals surface area (Å²) in [7, 11) is 0. The van der Waals surface area contributed by atoms with Gasteiger partial charge in [0.25, 0.3) is 0 Å². The van der Waals surface area contributed by atoms with Crippen molar-refractivity contribution >= 4 is 5.69 Å². The molecule has 0 unspecified atom stereocenters. The van der Waals surface area contributed by atoms with Crippen LogP contribution in [0.5, 0.6) is 0 Å². The van der Waals surface area contributed by atoms with Gasteiger partial charge in [-0.2, -0.15) is 0 Å². The Labute approximate surface area is 112 Å². The second-order valence-electron chi connectivity index (χ2n) is 5.06. The van der Waals surface area contributed by atoms with Gasteiger partial charge in [-0.15, -0.1) is 0 Å². The molecule has 1 fully saturated rings. The predicted molar refractivity (Wildman–Crippen MR) is 72.8 cm³/mol. The Morgan fingerprint density at radius 2 is 2.26 bits per heavy atom. The standard InChI is InChI=1S/C15H18N2O2/c1-11(18)15-7-6-13(9-16-15)17(12-4-5-12)10-14-3-2-8-19-14/h2-3,6-9,11-12,18H,4-5,10H2,1H3/t11-/m1/s1. The molecule has 2 heterocycles. The van der Waals surface area contributed by atoms with Crippen molar-refractivity contribution in [2.75, 3.05) is 4.90 Å². The maximum Gasteiger partial charge on any atom is 0.123 e. The smallest absolute Gasteiger partial charge is 0.123 e. The molecule has 0 bridgehead atoms. The zero-order chi connectivity index (χ0) is 13.2. The number of pyridine rings is 1. The van der Waals surface area contributed by atoms with E-state index in [2.05, 4.69) is 9.88 Å². The van der Waals surface area contributed by atoms with Crippen LogP contribution < -0.4 is 4.90 Å². The van der Waals surface area contributed by atoms with Gasteiger partial charge < -0.3 is 14.4 Å². The second kappa shape index (κ2) is 5.05. The van der Waals surface area contributed by atoms with E-state index in [9.17, 15) is 5.11 Å². The number of rotatable bonds is 5. The Balaban J connectivity index is 1.79. The van der Waals surface area contributed by atoms with Crippen LogP contribution in [0.15, 0.2) is 41.1 Å². The number of hydrogen-bond donors (Lipinski definition) is 1. The summed E-state index contributed by atoms with van der Waals surface area (Å²) < 4.78 is 5.42. The summed E-state index contributed by atoms with van der Waals surface area (Å²) in [5.74, 6) is 0.964. The third-order valence-electron chi connectivity index (χ3n) is 3.42. The van der Waals surface area contributed by atoms with E-state index < -0.39 is 6.10 Å². The molecule has 4 heteroatoms. The van der Waals surface area contributed by atoms with Gasteiger partial charge in [-0.05, 0) is 44.0 Å². The molecule has 1 atom stereocenters. The molecule has 19 heavy (non-hydrogen) atoms. The van der Waals surface area contributed by atoms with E-state index >= 15 is 0 Å². The first-order valence-electron chi connectivity index (χ1n) is 6.67. The minimum absolute atomic E-state index is 0.520. The van der Waals surface area contributed by atoms with Gasteiger partial charge in [0.15, 0.2) is 0 Å². The highest BCUT2D eigenvalue weighted by atomic mass is 16.3. The Morgan fingerprint density at radius 3 is 2.79 bits per heavy atom. The van der Waals surface area contributed by atoms with Gasteiger partial charge in [-0.25, -0.2) is 0 Å². The van der Waals surface area contributed by atoms with Crippen molar-refractivity contribution in [3.05, 3.63) is 48.2 Å². The lowest BCUT2D eigenvalue weighted by molar-refractivity contribution is 0.194. The van der Waals surface area contributed by atoms with Gasteiger partial charge >= 0.3 is 0 Å². The molecule has 0 radical (unpaired) electrons.